The average molecular weight is 429 g/mol. The van der Waals surface area contributed by atoms with Crippen molar-refractivity contribution in [1.29, 1.82) is 5.26 Å². The molecule has 0 radical (unpaired) electrons. The highest BCUT2D eigenvalue weighted by Crippen LogP contribution is 2.37. The summed E-state index contributed by atoms with van der Waals surface area (Å²) < 4.78 is 4.73. The minimum Gasteiger partial charge on any atom is -0.465 e. The molecule has 31 heavy (non-hydrogen) atoms. The Hall–Kier alpha value is -3.56. The summed E-state index contributed by atoms with van der Waals surface area (Å²) in [5.41, 5.74) is 2.91. The van der Waals surface area contributed by atoms with E-state index >= 15 is 0 Å². The fraction of sp³-hybridized carbons (Fsp3) is 0.160. The molecule has 4 rings (SSSR count). The molecule has 0 aromatic heterocycles. The number of hydrogen-bond donors (Lipinski definition) is 1. The molecule has 1 N–H and O–H groups in total. The van der Waals surface area contributed by atoms with E-state index in [-0.39, 0.29) is 18.2 Å². The van der Waals surface area contributed by atoms with Crippen LogP contribution in [0.4, 0.5) is 0 Å². The van der Waals surface area contributed by atoms with E-state index in [0.29, 0.717) is 21.9 Å². The molecule has 154 valence electrons. The summed E-state index contributed by atoms with van der Waals surface area (Å²) in [6.07, 6.45) is 0.195. The van der Waals surface area contributed by atoms with Crippen LogP contribution in [-0.4, -0.2) is 19.0 Å². The smallest absolute Gasteiger partial charge is 0.337 e. The Morgan fingerprint density at radius 1 is 1.13 bits per heavy atom. The largest absolute Gasteiger partial charge is 0.465 e. The van der Waals surface area contributed by atoms with Crippen molar-refractivity contribution in [3.05, 3.63) is 94.0 Å². The lowest BCUT2D eigenvalue weighted by atomic mass is 9.87. The maximum Gasteiger partial charge on any atom is 0.337 e. The summed E-state index contributed by atoms with van der Waals surface area (Å²) in [6, 6.07) is 23.6. The summed E-state index contributed by atoms with van der Waals surface area (Å²) in [7, 11) is 1.33. The molecule has 0 saturated carbocycles. The summed E-state index contributed by atoms with van der Waals surface area (Å²) in [5, 5.41) is 15.6. The van der Waals surface area contributed by atoms with Crippen molar-refractivity contribution in [3.8, 4) is 6.07 Å². The Kier molecular flexibility index (Phi) is 6.06. The third-order valence-corrected chi connectivity index (χ3v) is 6.38. The molecular formula is C25H20N2O3S. The molecule has 0 spiro atoms. The number of carbonyl (C=O) groups excluding carboxylic acids is 2. The molecule has 1 heterocycles. The van der Waals surface area contributed by atoms with Gasteiger partial charge in [-0.15, -0.1) is 11.8 Å². The van der Waals surface area contributed by atoms with Crippen molar-refractivity contribution in [2.45, 2.75) is 18.1 Å². The van der Waals surface area contributed by atoms with Crippen LogP contribution in [0.1, 0.15) is 33.8 Å². The van der Waals surface area contributed by atoms with Gasteiger partial charge in [0, 0.05) is 18.1 Å². The number of ether oxygens (including phenoxy) is 1. The van der Waals surface area contributed by atoms with Gasteiger partial charge in [-0.1, -0.05) is 54.6 Å². The molecule has 0 fully saturated rings. The van der Waals surface area contributed by atoms with E-state index in [2.05, 4.69) is 41.7 Å². The van der Waals surface area contributed by atoms with Crippen LogP contribution in [0.25, 0.3) is 10.8 Å². The first-order valence-corrected chi connectivity index (χ1v) is 10.8. The van der Waals surface area contributed by atoms with E-state index in [0.717, 1.165) is 16.5 Å². The molecule has 3 aromatic rings. The lowest BCUT2D eigenvalue weighted by Gasteiger charge is -2.25. The third-order valence-electron chi connectivity index (χ3n) is 5.29. The normalized spacial score (nSPS) is 16.0. The van der Waals surface area contributed by atoms with Crippen LogP contribution in [0.15, 0.2) is 77.3 Å². The van der Waals surface area contributed by atoms with Crippen molar-refractivity contribution in [2.75, 3.05) is 7.11 Å². The molecule has 1 atom stereocenters. The molecule has 0 unspecified atom stereocenters. The lowest BCUT2D eigenvalue weighted by molar-refractivity contribution is -0.120. The lowest BCUT2D eigenvalue weighted by Crippen LogP contribution is -2.30. The van der Waals surface area contributed by atoms with Gasteiger partial charge in [-0.3, -0.25) is 4.79 Å². The van der Waals surface area contributed by atoms with E-state index in [4.69, 9.17) is 4.74 Å². The molecule has 0 aliphatic carbocycles. The molecule has 0 saturated heterocycles. The van der Waals surface area contributed by atoms with Gasteiger partial charge >= 0.3 is 5.97 Å². The summed E-state index contributed by atoms with van der Waals surface area (Å²) in [4.78, 5) is 24.1. The third kappa shape index (κ3) is 4.47. The van der Waals surface area contributed by atoms with Gasteiger partial charge in [-0.25, -0.2) is 4.79 Å². The van der Waals surface area contributed by atoms with Gasteiger partial charge < -0.3 is 10.1 Å². The zero-order chi connectivity index (χ0) is 21.8. The second-order valence-corrected chi connectivity index (χ2v) is 8.23. The van der Waals surface area contributed by atoms with Crippen molar-refractivity contribution in [2.24, 2.45) is 0 Å². The highest BCUT2D eigenvalue weighted by molar-refractivity contribution is 8.02. The topological polar surface area (TPSA) is 79.2 Å². The van der Waals surface area contributed by atoms with Gasteiger partial charge in [0.1, 0.15) is 0 Å². The summed E-state index contributed by atoms with van der Waals surface area (Å²) in [5.74, 6) is -0.248. The highest BCUT2D eigenvalue weighted by atomic mass is 32.2. The van der Waals surface area contributed by atoms with Crippen molar-refractivity contribution in [1.82, 2.24) is 5.32 Å². The zero-order valence-corrected chi connectivity index (χ0v) is 17.7. The fourth-order valence-electron chi connectivity index (χ4n) is 3.67. The number of nitrogens with zero attached hydrogens (tertiary/aromatic N) is 1. The van der Waals surface area contributed by atoms with E-state index in [9.17, 15) is 14.9 Å². The number of hydrogen-bond acceptors (Lipinski definition) is 5. The number of allylic oxidation sites excluding steroid dienone is 1. The van der Waals surface area contributed by atoms with E-state index in [1.54, 1.807) is 24.3 Å². The van der Waals surface area contributed by atoms with Gasteiger partial charge in [0.05, 0.1) is 29.3 Å². The molecule has 1 aliphatic heterocycles. The second kappa shape index (κ2) is 9.07. The maximum absolute atomic E-state index is 12.4. The predicted octanol–water partition coefficient (Wildman–Crippen LogP) is 4.90. The molecule has 5 nitrogen and oxygen atoms in total. The van der Waals surface area contributed by atoms with Crippen LogP contribution in [-0.2, 0) is 15.3 Å². The molecule has 0 bridgehead atoms. The Bertz CT molecular complexity index is 1230. The number of rotatable bonds is 5. The van der Waals surface area contributed by atoms with Crippen LogP contribution in [0.3, 0.4) is 0 Å². The molecule has 1 amide bonds. The zero-order valence-electron chi connectivity index (χ0n) is 16.9. The minimum absolute atomic E-state index is 0.123. The number of carbonyl (C=O) groups is 2. The predicted molar refractivity (Wildman–Crippen MR) is 121 cm³/mol. The number of fused-ring (bicyclic) bond motifs is 1. The van der Waals surface area contributed by atoms with Gasteiger partial charge in [0.15, 0.2) is 0 Å². The quantitative estimate of drug-likeness (QED) is 0.585. The monoisotopic (exact) mass is 428 g/mol. The molecule has 3 aromatic carbocycles. The fourth-order valence-corrected chi connectivity index (χ4v) is 4.69. The van der Waals surface area contributed by atoms with Crippen LogP contribution in [0, 0.1) is 11.3 Å². The Labute approximate surface area is 184 Å². The number of amides is 1. The first kappa shape index (κ1) is 20.7. The number of thioether (sulfide) groups is 1. The maximum atomic E-state index is 12.4. The van der Waals surface area contributed by atoms with E-state index in [1.807, 2.05) is 12.1 Å². The van der Waals surface area contributed by atoms with Crippen LogP contribution >= 0.6 is 11.8 Å². The minimum atomic E-state index is -0.421. The Morgan fingerprint density at radius 2 is 1.87 bits per heavy atom. The number of nitriles is 1. The summed E-state index contributed by atoms with van der Waals surface area (Å²) in [6.45, 7) is 0. The van der Waals surface area contributed by atoms with Crippen LogP contribution < -0.4 is 5.32 Å². The van der Waals surface area contributed by atoms with Crippen molar-refractivity contribution >= 4 is 34.4 Å². The number of nitrogens with one attached hydrogen (secondary N) is 1. The Morgan fingerprint density at radius 3 is 2.58 bits per heavy atom. The first-order valence-electron chi connectivity index (χ1n) is 9.82. The molecule has 1 aliphatic rings. The SMILES string of the molecule is COC(=O)c1ccc([C@H]2CC(=O)NC(SCc3ccc4ccccc4c3)=C2C#N)cc1. The average Bonchev–Trinajstić information content (AvgIpc) is 2.81. The van der Waals surface area contributed by atoms with Gasteiger partial charge in [-0.05, 0) is 34.0 Å². The van der Waals surface area contributed by atoms with Gasteiger partial charge in [-0.2, -0.15) is 5.26 Å². The second-order valence-electron chi connectivity index (χ2n) is 7.24. The van der Waals surface area contributed by atoms with Gasteiger partial charge in [0.25, 0.3) is 0 Å². The number of methoxy groups -OCH3 is 1. The first-order chi connectivity index (χ1) is 15.1. The van der Waals surface area contributed by atoms with Gasteiger partial charge in [0.2, 0.25) is 5.91 Å². The number of benzene rings is 3. The van der Waals surface area contributed by atoms with Crippen molar-refractivity contribution < 1.29 is 14.3 Å². The highest BCUT2D eigenvalue weighted by Gasteiger charge is 2.29. The van der Waals surface area contributed by atoms with Crippen molar-refractivity contribution in [3.63, 3.8) is 0 Å². The molecular weight excluding hydrogens is 408 g/mol. The Balaban J connectivity index is 1.58. The van der Waals surface area contributed by atoms with E-state index in [1.165, 1.54) is 24.3 Å². The van der Waals surface area contributed by atoms with E-state index < -0.39 is 5.97 Å². The standard InChI is InChI=1S/C25H20N2O3S/c1-30-25(29)19-10-8-18(9-11-19)21-13-23(28)27-24(22(21)14-26)31-15-16-6-7-17-4-2-3-5-20(17)12-16/h2-12,21H,13,15H2,1H3,(H,27,28)/t21-/m1/s1. The van der Waals surface area contributed by atoms with Crippen LogP contribution in [0.5, 0.6) is 0 Å². The molecule has 6 heteroatoms. The summed E-state index contributed by atoms with van der Waals surface area (Å²) >= 11 is 1.46. The van der Waals surface area contributed by atoms with Crippen LogP contribution in [0.2, 0.25) is 0 Å². The number of esters is 1.